The predicted molar refractivity (Wildman–Crippen MR) is 95.0 cm³/mol. The zero-order valence-electron chi connectivity index (χ0n) is 14.6. The van der Waals surface area contributed by atoms with E-state index in [2.05, 4.69) is 0 Å². The fraction of sp³-hybridized carbons (Fsp3) is 0.278. The Morgan fingerprint density at radius 3 is 2.23 bits per heavy atom. The summed E-state index contributed by atoms with van der Waals surface area (Å²) in [6, 6.07) is 10.2. The molecule has 0 aliphatic rings. The molecular weight excluding hydrogens is 360 g/mol. The molecule has 0 bridgehead atoms. The van der Waals surface area contributed by atoms with Gasteiger partial charge in [0.05, 0.1) is 17.1 Å². The van der Waals surface area contributed by atoms with Crippen molar-refractivity contribution in [3.63, 3.8) is 0 Å². The highest BCUT2D eigenvalue weighted by Crippen LogP contribution is 2.29. The van der Waals surface area contributed by atoms with E-state index in [1.54, 1.807) is 20.1 Å². The number of methoxy groups -OCH3 is 1. The maximum Gasteiger partial charge on any atom is 0.335 e. The van der Waals surface area contributed by atoms with Crippen LogP contribution in [0.25, 0.3) is 0 Å². The maximum atomic E-state index is 11.5. The van der Waals surface area contributed by atoms with Crippen LogP contribution in [0.1, 0.15) is 17.3 Å². The minimum Gasteiger partial charge on any atom is -0.488 e. The Morgan fingerprint density at radius 1 is 1.08 bits per heavy atom. The Balaban J connectivity index is 2.27. The van der Waals surface area contributed by atoms with E-state index in [0.29, 0.717) is 18.1 Å². The number of hydrogen-bond acceptors (Lipinski definition) is 6. The van der Waals surface area contributed by atoms with Crippen molar-refractivity contribution in [1.29, 1.82) is 0 Å². The third kappa shape index (κ3) is 5.47. The van der Waals surface area contributed by atoms with Gasteiger partial charge in [-0.25, -0.2) is 13.2 Å². The molecule has 8 heteroatoms. The standard InChI is InChI=1S/C18H20O7S/c1-12(11-23-2)24-15-8-13(18(19)20)9-16(10-15)25-14-4-6-17(7-5-14)26(3,21)22/h4-10,12H,11H2,1-3H3,(H,19,20). The second-order valence-electron chi connectivity index (χ2n) is 5.73. The average molecular weight is 380 g/mol. The van der Waals surface area contributed by atoms with E-state index < -0.39 is 15.8 Å². The van der Waals surface area contributed by atoms with Crippen molar-refractivity contribution in [2.24, 2.45) is 0 Å². The van der Waals surface area contributed by atoms with Crippen molar-refractivity contribution in [2.75, 3.05) is 20.0 Å². The molecule has 2 aromatic carbocycles. The number of sulfone groups is 1. The number of aromatic carboxylic acids is 1. The molecule has 26 heavy (non-hydrogen) atoms. The highest BCUT2D eigenvalue weighted by molar-refractivity contribution is 7.90. The van der Waals surface area contributed by atoms with Gasteiger partial charge >= 0.3 is 5.97 Å². The van der Waals surface area contributed by atoms with Crippen LogP contribution in [0.4, 0.5) is 0 Å². The molecule has 0 spiro atoms. The molecule has 0 aliphatic heterocycles. The van der Waals surface area contributed by atoms with Crippen molar-refractivity contribution < 1.29 is 32.5 Å². The Morgan fingerprint density at radius 2 is 1.69 bits per heavy atom. The van der Waals surface area contributed by atoms with Crippen molar-refractivity contribution in [3.05, 3.63) is 48.0 Å². The third-order valence-electron chi connectivity index (χ3n) is 3.35. The molecular formula is C18H20O7S. The molecule has 140 valence electrons. The smallest absolute Gasteiger partial charge is 0.335 e. The first kappa shape index (κ1) is 19.7. The number of carbonyl (C=O) groups is 1. The van der Waals surface area contributed by atoms with E-state index in [4.69, 9.17) is 14.2 Å². The van der Waals surface area contributed by atoms with Crippen LogP contribution in [0.5, 0.6) is 17.2 Å². The molecule has 0 fully saturated rings. The quantitative estimate of drug-likeness (QED) is 0.751. The molecule has 1 atom stereocenters. The van der Waals surface area contributed by atoms with Gasteiger partial charge in [-0.1, -0.05) is 0 Å². The summed E-state index contributed by atoms with van der Waals surface area (Å²) in [5, 5.41) is 9.26. The van der Waals surface area contributed by atoms with Gasteiger partial charge in [-0.2, -0.15) is 0 Å². The molecule has 1 unspecified atom stereocenters. The fourth-order valence-corrected chi connectivity index (χ4v) is 2.84. The largest absolute Gasteiger partial charge is 0.488 e. The summed E-state index contributed by atoms with van der Waals surface area (Å²) >= 11 is 0. The first-order valence-electron chi connectivity index (χ1n) is 7.71. The van der Waals surface area contributed by atoms with E-state index in [1.165, 1.54) is 36.4 Å². The first-order valence-corrected chi connectivity index (χ1v) is 9.60. The highest BCUT2D eigenvalue weighted by atomic mass is 32.2. The van der Waals surface area contributed by atoms with Crippen LogP contribution < -0.4 is 9.47 Å². The number of carboxylic acid groups (broad SMARTS) is 1. The normalized spacial score (nSPS) is 12.4. The van der Waals surface area contributed by atoms with Gasteiger partial charge in [0.2, 0.25) is 0 Å². The number of carboxylic acids is 1. The van der Waals surface area contributed by atoms with E-state index >= 15 is 0 Å². The lowest BCUT2D eigenvalue weighted by Gasteiger charge is -2.15. The fourth-order valence-electron chi connectivity index (χ4n) is 2.21. The number of ether oxygens (including phenoxy) is 3. The van der Waals surface area contributed by atoms with Crippen LogP contribution in [0.3, 0.4) is 0 Å². The summed E-state index contributed by atoms with van der Waals surface area (Å²) < 4.78 is 39.3. The average Bonchev–Trinajstić information content (AvgIpc) is 2.54. The first-order chi connectivity index (χ1) is 12.2. The SMILES string of the molecule is COCC(C)Oc1cc(Oc2ccc(S(C)(=O)=O)cc2)cc(C(=O)O)c1. The minimum atomic E-state index is -3.30. The van der Waals surface area contributed by atoms with Crippen molar-refractivity contribution >= 4 is 15.8 Å². The zero-order chi connectivity index (χ0) is 19.3. The summed E-state index contributed by atoms with van der Waals surface area (Å²) in [7, 11) is -1.76. The van der Waals surface area contributed by atoms with E-state index in [9.17, 15) is 18.3 Å². The number of rotatable bonds is 8. The van der Waals surface area contributed by atoms with Gasteiger partial charge in [0.1, 0.15) is 23.4 Å². The Labute approximate surface area is 152 Å². The van der Waals surface area contributed by atoms with Crippen LogP contribution in [-0.2, 0) is 14.6 Å². The molecule has 7 nitrogen and oxygen atoms in total. The van der Waals surface area contributed by atoms with Gasteiger partial charge in [-0.15, -0.1) is 0 Å². The zero-order valence-corrected chi connectivity index (χ0v) is 15.4. The van der Waals surface area contributed by atoms with Crippen molar-refractivity contribution in [1.82, 2.24) is 0 Å². The Kier molecular flexibility index (Phi) is 6.23. The van der Waals surface area contributed by atoms with Crippen LogP contribution >= 0.6 is 0 Å². The summed E-state index contributed by atoms with van der Waals surface area (Å²) in [4.78, 5) is 11.5. The van der Waals surface area contributed by atoms with Crippen molar-refractivity contribution in [2.45, 2.75) is 17.9 Å². The van der Waals surface area contributed by atoms with Gasteiger partial charge in [-0.05, 0) is 43.3 Å². The summed E-state index contributed by atoms with van der Waals surface area (Å²) in [5.74, 6) is -0.156. The van der Waals surface area contributed by atoms with Crippen LogP contribution in [-0.4, -0.2) is 45.6 Å². The van der Waals surface area contributed by atoms with E-state index in [0.717, 1.165) is 6.26 Å². The lowest BCUT2D eigenvalue weighted by Crippen LogP contribution is -2.18. The van der Waals surface area contributed by atoms with E-state index in [1.807, 2.05) is 0 Å². The second kappa shape index (κ2) is 8.20. The lowest BCUT2D eigenvalue weighted by molar-refractivity contribution is 0.0693. The Hall–Kier alpha value is -2.58. The second-order valence-corrected chi connectivity index (χ2v) is 7.74. The molecule has 0 amide bonds. The van der Waals surface area contributed by atoms with Crippen LogP contribution in [0.15, 0.2) is 47.4 Å². The molecule has 2 rings (SSSR count). The summed E-state index contributed by atoms with van der Waals surface area (Å²) in [6.45, 7) is 2.14. The number of benzene rings is 2. The molecule has 0 radical (unpaired) electrons. The van der Waals surface area contributed by atoms with Crippen LogP contribution in [0.2, 0.25) is 0 Å². The predicted octanol–water partition coefficient (Wildman–Crippen LogP) is 2.99. The lowest BCUT2D eigenvalue weighted by atomic mass is 10.2. The maximum absolute atomic E-state index is 11.5. The highest BCUT2D eigenvalue weighted by Gasteiger charge is 2.12. The molecule has 0 aromatic heterocycles. The molecule has 0 aliphatic carbocycles. The Bertz CT molecular complexity index is 873. The summed E-state index contributed by atoms with van der Waals surface area (Å²) in [6.07, 6.45) is 0.843. The molecule has 1 N–H and O–H groups in total. The van der Waals surface area contributed by atoms with Gasteiger partial charge in [0, 0.05) is 19.4 Å². The molecule has 2 aromatic rings. The van der Waals surface area contributed by atoms with E-state index in [-0.39, 0.29) is 22.3 Å². The summed E-state index contributed by atoms with van der Waals surface area (Å²) in [5.41, 5.74) is 0.00914. The molecule has 0 heterocycles. The topological polar surface area (TPSA) is 99.1 Å². The van der Waals surface area contributed by atoms with Gasteiger partial charge in [0.15, 0.2) is 9.84 Å². The van der Waals surface area contributed by atoms with Crippen LogP contribution in [0, 0.1) is 0 Å². The minimum absolute atomic E-state index is 0.00914. The van der Waals surface area contributed by atoms with Crippen molar-refractivity contribution in [3.8, 4) is 17.2 Å². The monoisotopic (exact) mass is 380 g/mol. The van der Waals surface area contributed by atoms with Gasteiger partial charge < -0.3 is 19.3 Å². The number of hydrogen-bond donors (Lipinski definition) is 1. The molecule has 0 saturated carbocycles. The van der Waals surface area contributed by atoms with Gasteiger partial charge in [-0.3, -0.25) is 0 Å². The van der Waals surface area contributed by atoms with Gasteiger partial charge in [0.25, 0.3) is 0 Å². The molecule has 0 saturated heterocycles. The third-order valence-corrected chi connectivity index (χ3v) is 4.48.